The van der Waals surface area contributed by atoms with Crippen LogP contribution < -0.4 is 11.1 Å². The van der Waals surface area contributed by atoms with E-state index in [1.165, 1.54) is 0 Å². The fraction of sp³-hybridized carbons (Fsp3) is 0.750. The fourth-order valence-electron chi connectivity index (χ4n) is 12.7. The van der Waals surface area contributed by atoms with Gasteiger partial charge in [-0.25, -0.2) is 4.79 Å². The lowest BCUT2D eigenvalue weighted by atomic mass is 9.42. The van der Waals surface area contributed by atoms with Crippen molar-refractivity contribution in [2.45, 2.75) is 101 Å². The number of benzene rings is 1. The SMILES string of the molecule is CCN1C[C@]2(COC(=O)c3ccccc3NC(=O)C[C@@H](C)C(N)=O)CC[C@H](OC)[C@@]34[C@@H]5C[C@H]6[C@H](OC(=O)C(C)C)[C@@H]5[C@](O)(C[C@@H]6OC)[C@@](O)([C@@H](OC)[C@H]23)[C@@H]14. The van der Waals surface area contributed by atoms with Crippen molar-refractivity contribution >= 4 is 29.4 Å². The molecule has 0 radical (unpaired) electrons. The number of amides is 2. The lowest BCUT2D eigenvalue weighted by Crippen LogP contribution is -2.82. The number of aliphatic hydroxyl groups is 2. The summed E-state index contributed by atoms with van der Waals surface area (Å²) >= 11 is 0. The van der Waals surface area contributed by atoms with Crippen molar-refractivity contribution < 1.29 is 53.1 Å². The molecule has 5 saturated carbocycles. The van der Waals surface area contributed by atoms with E-state index in [2.05, 4.69) is 10.2 Å². The maximum atomic E-state index is 14.0. The van der Waals surface area contributed by atoms with Crippen molar-refractivity contribution in [2.75, 3.05) is 46.3 Å². The number of methoxy groups -OCH3 is 3. The van der Waals surface area contributed by atoms with Crippen LogP contribution in [0.3, 0.4) is 0 Å². The van der Waals surface area contributed by atoms with Gasteiger partial charge in [0.15, 0.2) is 0 Å². The Morgan fingerprint density at radius 3 is 2.41 bits per heavy atom. The number of hydrogen-bond acceptors (Lipinski definition) is 12. The summed E-state index contributed by atoms with van der Waals surface area (Å²) in [6.07, 6.45) is -0.566. The van der Waals surface area contributed by atoms with Crippen LogP contribution in [0.5, 0.6) is 0 Å². The molecule has 0 unspecified atom stereocenters. The van der Waals surface area contributed by atoms with E-state index in [0.717, 1.165) is 0 Å². The summed E-state index contributed by atoms with van der Waals surface area (Å²) in [7, 11) is 4.87. The van der Waals surface area contributed by atoms with Crippen LogP contribution in [0, 0.1) is 46.3 Å². The molecule has 0 aromatic heterocycles. The van der Waals surface area contributed by atoms with E-state index in [4.69, 9.17) is 29.4 Å². The molecule has 1 heterocycles. The molecule has 1 aromatic rings. The number of likely N-dealkylation sites (N-methyl/N-ethyl adjacent to an activating group) is 1. The lowest BCUT2D eigenvalue weighted by Gasteiger charge is -2.70. The minimum Gasteiger partial charge on any atom is -0.461 e. The highest BCUT2D eigenvalue weighted by molar-refractivity contribution is 6.02. The molecule has 6 aliphatic rings. The van der Waals surface area contributed by atoms with Crippen molar-refractivity contribution in [3.8, 4) is 0 Å². The first-order chi connectivity index (χ1) is 25.6. The quantitative estimate of drug-likeness (QED) is 0.215. The molecule has 2 amide bonds. The van der Waals surface area contributed by atoms with Crippen LogP contribution in [0.15, 0.2) is 24.3 Å². The van der Waals surface area contributed by atoms with Gasteiger partial charge in [0.25, 0.3) is 0 Å². The number of nitrogens with one attached hydrogen (secondary N) is 1. The third-order valence-electron chi connectivity index (χ3n) is 14.6. The molecule has 298 valence electrons. The molecule has 14 nitrogen and oxygen atoms in total. The average molecular weight is 756 g/mol. The first-order valence-electron chi connectivity index (χ1n) is 19.4. The van der Waals surface area contributed by atoms with Crippen LogP contribution in [0.25, 0.3) is 0 Å². The van der Waals surface area contributed by atoms with Crippen molar-refractivity contribution in [2.24, 2.45) is 52.1 Å². The second kappa shape index (κ2) is 13.8. The van der Waals surface area contributed by atoms with E-state index in [1.54, 1.807) is 66.4 Å². The van der Waals surface area contributed by atoms with E-state index in [-0.39, 0.29) is 60.5 Å². The third-order valence-corrected chi connectivity index (χ3v) is 14.6. The molecule has 14 heteroatoms. The Bertz CT molecular complexity index is 1670. The van der Waals surface area contributed by atoms with Gasteiger partial charge < -0.3 is 44.9 Å². The number of hydrogen-bond donors (Lipinski definition) is 4. The summed E-state index contributed by atoms with van der Waals surface area (Å²) in [6.45, 7) is 8.17. The number of piperidine rings is 1. The number of fused-ring (bicyclic) bond motifs is 2. The zero-order chi connectivity index (χ0) is 39.1. The first-order valence-corrected chi connectivity index (χ1v) is 19.4. The topological polar surface area (TPSA) is 196 Å². The second-order valence-electron chi connectivity index (χ2n) is 17.2. The van der Waals surface area contributed by atoms with Crippen LogP contribution in [-0.4, -0.2) is 122 Å². The van der Waals surface area contributed by atoms with E-state index in [1.807, 2.05) is 6.92 Å². The number of primary amides is 1. The summed E-state index contributed by atoms with van der Waals surface area (Å²) in [4.78, 5) is 53.9. The largest absolute Gasteiger partial charge is 0.461 e. The zero-order valence-electron chi connectivity index (χ0n) is 32.4. The second-order valence-corrected chi connectivity index (χ2v) is 17.2. The van der Waals surface area contributed by atoms with Crippen molar-refractivity contribution in [1.29, 1.82) is 0 Å². The Balaban J connectivity index is 1.29. The van der Waals surface area contributed by atoms with Crippen LogP contribution >= 0.6 is 0 Å². The van der Waals surface area contributed by atoms with Gasteiger partial charge in [0.2, 0.25) is 11.8 Å². The Morgan fingerprint density at radius 1 is 1.06 bits per heavy atom. The normalized spacial score (nSPS) is 42.0. The van der Waals surface area contributed by atoms with Crippen LogP contribution in [0.1, 0.15) is 70.2 Å². The number of nitrogens with zero attached hydrogens (tertiary/aromatic N) is 1. The smallest absolute Gasteiger partial charge is 0.340 e. The number of esters is 2. The molecule has 54 heavy (non-hydrogen) atoms. The number of nitrogens with two attached hydrogens (primary N) is 1. The first kappa shape index (κ1) is 39.1. The Hall–Kier alpha value is -3.14. The van der Waals surface area contributed by atoms with Gasteiger partial charge in [-0.1, -0.05) is 39.8 Å². The lowest BCUT2D eigenvalue weighted by molar-refractivity contribution is -0.319. The van der Waals surface area contributed by atoms with Gasteiger partial charge in [-0.2, -0.15) is 0 Å². The number of likely N-dealkylation sites (tertiary alicyclic amines) is 1. The van der Waals surface area contributed by atoms with Crippen LogP contribution in [0.2, 0.25) is 0 Å². The summed E-state index contributed by atoms with van der Waals surface area (Å²) in [5.41, 5.74) is 0.695. The van der Waals surface area contributed by atoms with Gasteiger partial charge in [-0.15, -0.1) is 0 Å². The van der Waals surface area contributed by atoms with E-state index >= 15 is 0 Å². The molecule has 1 aromatic carbocycles. The van der Waals surface area contributed by atoms with Crippen LogP contribution in [0.4, 0.5) is 5.69 Å². The average Bonchev–Trinajstić information content (AvgIpc) is 3.54. The Morgan fingerprint density at radius 2 is 1.78 bits per heavy atom. The molecular formula is C40H57N3O11. The molecule has 5 aliphatic carbocycles. The predicted octanol–water partition coefficient (Wildman–Crippen LogP) is 2.14. The van der Waals surface area contributed by atoms with E-state index in [0.29, 0.717) is 32.4 Å². The van der Waals surface area contributed by atoms with Crippen LogP contribution in [-0.2, 0) is 38.1 Å². The van der Waals surface area contributed by atoms with Gasteiger partial charge in [-0.3, -0.25) is 19.3 Å². The number of anilines is 1. The van der Waals surface area contributed by atoms with Gasteiger partial charge in [0.1, 0.15) is 17.3 Å². The molecule has 1 saturated heterocycles. The third kappa shape index (κ3) is 5.19. The number of ether oxygens (including phenoxy) is 5. The zero-order valence-corrected chi connectivity index (χ0v) is 32.4. The molecular weight excluding hydrogens is 698 g/mol. The Kier molecular flexibility index (Phi) is 10.00. The highest BCUT2D eigenvalue weighted by atomic mass is 16.6. The molecule has 14 atom stereocenters. The van der Waals surface area contributed by atoms with Crippen molar-refractivity contribution in [3.05, 3.63) is 29.8 Å². The number of carbonyl (C=O) groups is 4. The fourth-order valence-corrected chi connectivity index (χ4v) is 12.7. The summed E-state index contributed by atoms with van der Waals surface area (Å²) in [5, 5.41) is 29.7. The standard InChI is InChI=1S/C40H57N3O11/c1-8-43-18-37(19-53-35(47)22-11-9-10-12-25(22)42-28(44)15-21(4)33(41)45)14-13-27(51-6)39-24-16-23-26(50-5)17-38(48,29(24)30(23)54-34(46)20(2)3)40(49,36(39)43)32(52-7)31(37)39/h9-12,20-21,23-24,26-27,29-32,36,48-49H,8,13-19H2,1-7H3,(H2,41,45)(H,42,44)/t21-,23-,24-,26+,27+,29-,30+,31-,32+,36+,37+,38-,39+,40-/m1/s1. The summed E-state index contributed by atoms with van der Waals surface area (Å²) < 4.78 is 31.5. The molecule has 7 rings (SSSR count). The van der Waals surface area contributed by atoms with Gasteiger partial charge in [-0.05, 0) is 43.9 Å². The molecule has 5 N–H and O–H groups in total. The summed E-state index contributed by atoms with van der Waals surface area (Å²) in [6, 6.07) is 5.99. The molecule has 1 spiro atoms. The molecule has 7 bridgehead atoms. The number of carbonyl (C=O) groups excluding carboxylic acids is 4. The monoisotopic (exact) mass is 755 g/mol. The maximum Gasteiger partial charge on any atom is 0.340 e. The highest BCUT2D eigenvalue weighted by Crippen LogP contribution is 2.80. The van der Waals surface area contributed by atoms with Gasteiger partial charge in [0.05, 0.1) is 48.1 Å². The number of para-hydroxylation sites is 1. The van der Waals surface area contributed by atoms with Gasteiger partial charge >= 0.3 is 11.9 Å². The highest BCUT2D eigenvalue weighted by Gasteiger charge is 2.92. The minimum absolute atomic E-state index is 0.0134. The summed E-state index contributed by atoms with van der Waals surface area (Å²) in [5.74, 6) is -4.60. The van der Waals surface area contributed by atoms with E-state index < -0.39 is 81.9 Å². The number of rotatable bonds is 13. The van der Waals surface area contributed by atoms with E-state index in [9.17, 15) is 29.4 Å². The van der Waals surface area contributed by atoms with Crippen molar-refractivity contribution in [1.82, 2.24) is 4.90 Å². The van der Waals surface area contributed by atoms with Gasteiger partial charge in [0, 0.05) is 75.2 Å². The predicted molar refractivity (Wildman–Crippen MR) is 194 cm³/mol. The minimum atomic E-state index is -1.83. The van der Waals surface area contributed by atoms with Crippen molar-refractivity contribution in [3.63, 3.8) is 0 Å². The molecule has 6 fully saturated rings. The maximum absolute atomic E-state index is 14.0. The molecule has 1 aliphatic heterocycles. The Labute approximate surface area is 316 Å².